The minimum atomic E-state index is -4.78. The lowest BCUT2D eigenvalue weighted by Crippen LogP contribution is -2.29. The number of carbonyl (C=O) groups excluding carboxylic acids is 2. The third kappa shape index (κ3) is 40.5. The van der Waals surface area contributed by atoms with E-state index in [1.807, 2.05) is 36.5 Å². The molecule has 0 saturated carbocycles. The Morgan fingerprint density at radius 3 is 1.70 bits per heavy atom. The summed E-state index contributed by atoms with van der Waals surface area (Å²) < 4.78 is 26.3. The molecule has 304 valence electrons. The molecule has 0 rings (SSSR count). The number of phosphoric acid groups is 1. The Morgan fingerprint density at radius 1 is 0.585 bits per heavy atom. The third-order valence-corrected chi connectivity index (χ3v) is 8.76. The van der Waals surface area contributed by atoms with Crippen LogP contribution >= 0.6 is 7.82 Å². The standard InChI is InChI=1S/C43H73O9P/c1-3-5-7-9-11-12-13-14-15-16-17-18-19-20-25-29-33-37-43(46)52-41(39-51-53(47,48)49)38-50-42(45)36-32-28-24-22-21-23-27-31-35-40(44)34-30-26-10-8-6-4-2/h11-12,14-15,22-24,26-27,30-31,35,40-41,44H,3-10,13,16-21,25,28-29,32-34,36-39H2,1-2H3,(H2,47,48,49)/b12-11-,15-14-,24-22-,27-23-,30-26-,35-31+/t40-,41-/m1/s1. The second-order valence-corrected chi connectivity index (χ2v) is 14.7. The molecule has 10 heteroatoms. The number of rotatable bonds is 36. The van der Waals surface area contributed by atoms with E-state index in [1.165, 1.54) is 64.2 Å². The second kappa shape index (κ2) is 37.8. The first-order valence-corrected chi connectivity index (χ1v) is 21.9. The van der Waals surface area contributed by atoms with Crippen LogP contribution < -0.4 is 0 Å². The van der Waals surface area contributed by atoms with Gasteiger partial charge in [0.15, 0.2) is 6.10 Å². The summed E-state index contributed by atoms with van der Waals surface area (Å²) in [5.74, 6) is -1.00. The average molecular weight is 765 g/mol. The Morgan fingerprint density at radius 2 is 1.09 bits per heavy atom. The molecule has 9 nitrogen and oxygen atoms in total. The molecular weight excluding hydrogens is 691 g/mol. The van der Waals surface area contributed by atoms with Crippen molar-refractivity contribution in [3.63, 3.8) is 0 Å². The van der Waals surface area contributed by atoms with Gasteiger partial charge in [0.1, 0.15) is 6.61 Å². The van der Waals surface area contributed by atoms with Gasteiger partial charge in [-0.15, -0.1) is 0 Å². The fourth-order valence-electron chi connectivity index (χ4n) is 5.18. The van der Waals surface area contributed by atoms with Crippen LogP contribution in [0, 0.1) is 0 Å². The predicted octanol–water partition coefficient (Wildman–Crippen LogP) is 11.3. The maximum absolute atomic E-state index is 12.4. The van der Waals surface area contributed by atoms with Crippen LogP contribution in [-0.2, 0) is 28.2 Å². The van der Waals surface area contributed by atoms with Crippen molar-refractivity contribution in [1.29, 1.82) is 0 Å². The first kappa shape index (κ1) is 50.5. The summed E-state index contributed by atoms with van der Waals surface area (Å²) in [5.41, 5.74) is 0. The Labute approximate surface area is 322 Å². The summed E-state index contributed by atoms with van der Waals surface area (Å²) in [6, 6.07) is 0. The van der Waals surface area contributed by atoms with Crippen molar-refractivity contribution in [2.24, 2.45) is 0 Å². The number of allylic oxidation sites excluding steroid dienone is 10. The van der Waals surface area contributed by atoms with Crippen molar-refractivity contribution in [2.75, 3.05) is 13.2 Å². The fourth-order valence-corrected chi connectivity index (χ4v) is 5.54. The summed E-state index contributed by atoms with van der Waals surface area (Å²) in [6.07, 6.45) is 45.1. The largest absolute Gasteiger partial charge is 0.469 e. The zero-order valence-electron chi connectivity index (χ0n) is 33.0. The summed E-state index contributed by atoms with van der Waals surface area (Å²) >= 11 is 0. The molecule has 0 amide bonds. The van der Waals surface area contributed by atoms with Gasteiger partial charge in [0.25, 0.3) is 0 Å². The lowest BCUT2D eigenvalue weighted by Gasteiger charge is -2.18. The maximum atomic E-state index is 12.4. The van der Waals surface area contributed by atoms with Gasteiger partial charge >= 0.3 is 19.8 Å². The van der Waals surface area contributed by atoms with E-state index < -0.39 is 38.6 Å². The van der Waals surface area contributed by atoms with Gasteiger partial charge in [-0.1, -0.05) is 145 Å². The molecule has 0 heterocycles. The van der Waals surface area contributed by atoms with Gasteiger partial charge in [-0.3, -0.25) is 14.1 Å². The Kier molecular flexibility index (Phi) is 35.9. The number of ether oxygens (including phenoxy) is 2. The van der Waals surface area contributed by atoms with Gasteiger partial charge in [-0.05, 0) is 77.0 Å². The number of hydrogen-bond donors (Lipinski definition) is 3. The van der Waals surface area contributed by atoms with Crippen molar-refractivity contribution < 1.29 is 43.0 Å². The van der Waals surface area contributed by atoms with Crippen LogP contribution in [0.3, 0.4) is 0 Å². The van der Waals surface area contributed by atoms with Crippen LogP contribution in [0.1, 0.15) is 162 Å². The van der Waals surface area contributed by atoms with Crippen LogP contribution in [0.2, 0.25) is 0 Å². The highest BCUT2D eigenvalue weighted by molar-refractivity contribution is 7.46. The minimum absolute atomic E-state index is 0.154. The van der Waals surface area contributed by atoms with Crippen molar-refractivity contribution in [2.45, 2.75) is 174 Å². The van der Waals surface area contributed by atoms with E-state index in [2.05, 4.69) is 48.8 Å². The molecule has 0 saturated heterocycles. The van der Waals surface area contributed by atoms with Gasteiger partial charge in [0.2, 0.25) is 0 Å². The van der Waals surface area contributed by atoms with Gasteiger partial charge in [0, 0.05) is 12.8 Å². The molecule has 0 aromatic rings. The first-order valence-electron chi connectivity index (χ1n) is 20.3. The Hall–Kier alpha value is -2.55. The number of unbranched alkanes of at least 4 members (excludes halogenated alkanes) is 14. The Balaban J connectivity index is 4.12. The number of esters is 2. The zero-order chi connectivity index (χ0) is 39.1. The second-order valence-electron chi connectivity index (χ2n) is 13.5. The molecule has 0 unspecified atom stereocenters. The van der Waals surface area contributed by atoms with Crippen LogP contribution in [0.25, 0.3) is 0 Å². The van der Waals surface area contributed by atoms with Crippen LogP contribution in [-0.4, -0.2) is 52.3 Å². The van der Waals surface area contributed by atoms with E-state index in [9.17, 15) is 19.3 Å². The molecule has 0 aliphatic carbocycles. The first-order chi connectivity index (χ1) is 25.7. The molecule has 0 spiro atoms. The summed E-state index contributed by atoms with van der Waals surface area (Å²) in [6.45, 7) is 3.49. The average Bonchev–Trinajstić information content (AvgIpc) is 3.12. The predicted molar refractivity (Wildman–Crippen MR) is 217 cm³/mol. The van der Waals surface area contributed by atoms with E-state index in [0.717, 1.165) is 44.9 Å². The molecule has 0 bridgehead atoms. The maximum Gasteiger partial charge on any atom is 0.469 e. The van der Waals surface area contributed by atoms with Gasteiger partial charge in [-0.25, -0.2) is 4.57 Å². The number of carbonyl (C=O) groups is 2. The highest BCUT2D eigenvalue weighted by atomic mass is 31.2. The molecule has 3 N–H and O–H groups in total. The molecule has 0 aliphatic heterocycles. The van der Waals surface area contributed by atoms with Crippen molar-refractivity contribution in [3.8, 4) is 0 Å². The molecule has 2 atom stereocenters. The summed E-state index contributed by atoms with van der Waals surface area (Å²) in [4.78, 5) is 42.8. The molecule has 0 radical (unpaired) electrons. The normalized spacial score (nSPS) is 13.8. The van der Waals surface area contributed by atoms with Crippen molar-refractivity contribution in [3.05, 3.63) is 72.9 Å². The van der Waals surface area contributed by atoms with Crippen LogP contribution in [0.4, 0.5) is 0 Å². The minimum Gasteiger partial charge on any atom is -0.462 e. The van der Waals surface area contributed by atoms with E-state index in [4.69, 9.17) is 19.3 Å². The van der Waals surface area contributed by atoms with E-state index >= 15 is 0 Å². The molecular formula is C43H73O9P. The number of aliphatic hydroxyl groups is 1. The molecule has 53 heavy (non-hydrogen) atoms. The highest BCUT2D eigenvalue weighted by Crippen LogP contribution is 2.36. The van der Waals surface area contributed by atoms with Crippen LogP contribution in [0.15, 0.2) is 72.9 Å². The monoisotopic (exact) mass is 764 g/mol. The van der Waals surface area contributed by atoms with E-state index in [-0.39, 0.29) is 19.4 Å². The smallest absolute Gasteiger partial charge is 0.462 e. The van der Waals surface area contributed by atoms with Gasteiger partial charge in [0.05, 0.1) is 12.7 Å². The quantitative estimate of drug-likeness (QED) is 0.0187. The summed E-state index contributed by atoms with van der Waals surface area (Å²) in [7, 11) is -4.78. The summed E-state index contributed by atoms with van der Waals surface area (Å²) in [5, 5.41) is 9.99. The van der Waals surface area contributed by atoms with Gasteiger partial charge < -0.3 is 24.4 Å². The van der Waals surface area contributed by atoms with Gasteiger partial charge in [-0.2, -0.15) is 0 Å². The van der Waals surface area contributed by atoms with Crippen LogP contribution in [0.5, 0.6) is 0 Å². The molecule has 0 fully saturated rings. The SMILES string of the molecule is CCCCC/C=C\C/C=C\CCCCCCCCCC(=O)O[C@H](COC(=O)CCC/C=C\C/C=C\C=C\[C@H](O)C/C=C\CCCCC)COP(=O)(O)O. The molecule has 0 aromatic carbocycles. The number of aliphatic hydroxyl groups excluding tert-OH is 1. The zero-order valence-corrected chi connectivity index (χ0v) is 33.9. The van der Waals surface area contributed by atoms with Crippen molar-refractivity contribution in [1.82, 2.24) is 0 Å². The van der Waals surface area contributed by atoms with E-state index in [1.54, 1.807) is 6.08 Å². The topological polar surface area (TPSA) is 140 Å². The molecule has 0 aromatic heterocycles. The fraction of sp³-hybridized carbons (Fsp3) is 0.674. The van der Waals surface area contributed by atoms with E-state index in [0.29, 0.717) is 25.7 Å². The van der Waals surface area contributed by atoms with Crippen molar-refractivity contribution >= 4 is 19.8 Å². The molecule has 0 aliphatic rings. The number of hydrogen-bond acceptors (Lipinski definition) is 7. The lowest BCUT2D eigenvalue weighted by atomic mass is 10.1. The lowest BCUT2D eigenvalue weighted by molar-refractivity contribution is -0.161. The number of phosphoric ester groups is 1. The Bertz CT molecular complexity index is 1100. The highest BCUT2D eigenvalue weighted by Gasteiger charge is 2.22. The third-order valence-electron chi connectivity index (χ3n) is 8.28.